The Hall–Kier alpha value is -3.61. The molecule has 1 unspecified atom stereocenters. The summed E-state index contributed by atoms with van der Waals surface area (Å²) < 4.78 is 6.61. The second kappa shape index (κ2) is 11.2. The molecule has 0 spiro atoms. The Bertz CT molecular complexity index is 1460. The van der Waals surface area contributed by atoms with Gasteiger partial charge in [0.05, 0.1) is 16.8 Å². The quantitative estimate of drug-likeness (QED) is 0.164. The third-order valence-corrected chi connectivity index (χ3v) is 9.24. The number of benzene rings is 1. The molecule has 0 saturated carbocycles. The molecule has 6 heteroatoms. The predicted octanol–water partition coefficient (Wildman–Crippen LogP) is 8.25. The predicted molar refractivity (Wildman–Crippen MR) is 156 cm³/mol. The van der Waals surface area contributed by atoms with E-state index in [-0.39, 0.29) is 16.9 Å². The number of anilines is 1. The highest BCUT2D eigenvalue weighted by Crippen LogP contribution is 2.56. The summed E-state index contributed by atoms with van der Waals surface area (Å²) in [6.07, 6.45) is 12.6. The first-order chi connectivity index (χ1) is 19.0. The smallest absolute Gasteiger partial charge is 0.202 e. The maximum Gasteiger partial charge on any atom is 0.202 e. The Morgan fingerprint density at radius 1 is 1.00 bits per heavy atom. The molecule has 5 rings (SSSR count). The lowest BCUT2D eigenvalue weighted by Gasteiger charge is -2.39. The Morgan fingerprint density at radius 3 is 2.46 bits per heavy atom. The average molecular weight is 538 g/mol. The van der Waals surface area contributed by atoms with Crippen molar-refractivity contribution in [3.63, 3.8) is 0 Å². The van der Waals surface area contributed by atoms with Crippen LogP contribution >= 0.6 is 11.3 Å². The minimum absolute atomic E-state index is 0.108. The van der Waals surface area contributed by atoms with Crippen LogP contribution in [-0.4, -0.2) is 12.3 Å². The van der Waals surface area contributed by atoms with E-state index in [0.29, 0.717) is 11.3 Å². The summed E-state index contributed by atoms with van der Waals surface area (Å²) in [6, 6.07) is 14.8. The Kier molecular flexibility index (Phi) is 7.78. The summed E-state index contributed by atoms with van der Waals surface area (Å²) in [5.41, 5.74) is 3.84. The van der Waals surface area contributed by atoms with Gasteiger partial charge in [0.1, 0.15) is 23.5 Å². The number of carbonyl (C=O) groups excluding carboxylic acids is 1. The lowest BCUT2D eigenvalue weighted by atomic mass is 9.79. The van der Waals surface area contributed by atoms with Gasteiger partial charge in [-0.2, -0.15) is 10.5 Å². The lowest BCUT2D eigenvalue weighted by molar-refractivity contribution is -0.115. The standard InChI is InChI=1S/C33H35N3O2S/c1-4-6-8-10-12-24-14-16-28(39-24)22-13-15-27-26(18-22)33(3)29(36(27)17-11-9-7-5-2)19-25-31(37)30(32(25)38-33)23(20-34)21-35/h13-16,18-19H,4-12,17H2,1-3H3. The molecule has 1 aromatic carbocycles. The number of nitrogens with zero attached hydrogens (tertiary/aromatic N) is 3. The van der Waals surface area contributed by atoms with E-state index in [0.717, 1.165) is 48.3 Å². The van der Waals surface area contributed by atoms with Crippen LogP contribution in [0, 0.1) is 22.7 Å². The van der Waals surface area contributed by atoms with Gasteiger partial charge in [0.25, 0.3) is 0 Å². The molecular formula is C33H35N3O2S. The van der Waals surface area contributed by atoms with Crippen molar-refractivity contribution in [1.82, 2.24) is 0 Å². The van der Waals surface area contributed by atoms with E-state index >= 15 is 0 Å². The van der Waals surface area contributed by atoms with Gasteiger partial charge in [-0.25, -0.2) is 0 Å². The third-order valence-electron chi connectivity index (χ3n) is 8.04. The zero-order valence-corrected chi connectivity index (χ0v) is 23.9. The topological polar surface area (TPSA) is 77.1 Å². The molecule has 0 bridgehead atoms. The molecule has 2 aromatic rings. The highest BCUT2D eigenvalue weighted by molar-refractivity contribution is 7.15. The minimum Gasteiger partial charge on any atom is -0.475 e. The maximum absolute atomic E-state index is 12.9. The molecular weight excluding hydrogens is 502 g/mol. The number of hydrogen-bond donors (Lipinski definition) is 0. The van der Waals surface area contributed by atoms with Gasteiger partial charge in [-0.05, 0) is 62.1 Å². The number of nitriles is 2. The van der Waals surface area contributed by atoms with E-state index in [2.05, 4.69) is 49.1 Å². The number of Topliss-reactive ketones (excluding diaryl/α,β-unsaturated/α-hetero) is 1. The Balaban J connectivity index is 1.51. The first kappa shape index (κ1) is 27.0. The van der Waals surface area contributed by atoms with Crippen molar-refractivity contribution in [1.29, 1.82) is 10.5 Å². The Morgan fingerprint density at radius 2 is 1.74 bits per heavy atom. The number of hydrogen-bond acceptors (Lipinski definition) is 6. The molecule has 3 heterocycles. The summed E-state index contributed by atoms with van der Waals surface area (Å²) in [5.74, 6) is 0.0873. The van der Waals surface area contributed by atoms with Crippen molar-refractivity contribution in [3.8, 4) is 22.6 Å². The van der Waals surface area contributed by atoms with Crippen LogP contribution in [-0.2, 0) is 21.6 Å². The fourth-order valence-corrected chi connectivity index (χ4v) is 6.89. The summed E-state index contributed by atoms with van der Waals surface area (Å²) >= 11 is 1.86. The van der Waals surface area contributed by atoms with Crippen molar-refractivity contribution in [2.24, 2.45) is 0 Å². The molecule has 0 saturated heterocycles. The highest BCUT2D eigenvalue weighted by Gasteiger charge is 2.53. The van der Waals surface area contributed by atoms with Crippen molar-refractivity contribution < 1.29 is 9.53 Å². The van der Waals surface area contributed by atoms with E-state index in [1.54, 1.807) is 0 Å². The molecule has 0 fully saturated rings. The molecule has 0 amide bonds. The summed E-state index contributed by atoms with van der Waals surface area (Å²) in [5, 5.41) is 18.8. The summed E-state index contributed by atoms with van der Waals surface area (Å²) in [6.45, 7) is 7.34. The molecule has 1 atom stereocenters. The number of allylic oxidation sites excluding steroid dienone is 4. The highest BCUT2D eigenvalue weighted by atomic mass is 32.1. The SMILES string of the molecule is CCCCCCc1ccc(-c2ccc3c(c2)C2(C)OC4=C(C=C2N3CCCCCC)C(=O)C4=C(C#N)C#N)s1. The summed E-state index contributed by atoms with van der Waals surface area (Å²) in [4.78, 5) is 17.9. The number of unbranched alkanes of at least 4 members (excludes halogenated alkanes) is 6. The van der Waals surface area contributed by atoms with Gasteiger partial charge in [0, 0.05) is 27.5 Å². The molecule has 1 aliphatic carbocycles. The monoisotopic (exact) mass is 537 g/mol. The molecule has 3 aliphatic rings. The molecule has 1 aromatic heterocycles. The van der Waals surface area contributed by atoms with Crippen LogP contribution in [0.5, 0.6) is 0 Å². The normalized spacial score (nSPS) is 18.9. The van der Waals surface area contributed by atoms with Gasteiger partial charge in [-0.1, -0.05) is 58.4 Å². The van der Waals surface area contributed by atoms with Crippen LogP contribution in [0.15, 0.2) is 64.6 Å². The fourth-order valence-electron chi connectivity index (χ4n) is 5.84. The zero-order chi connectivity index (χ0) is 27.6. The van der Waals surface area contributed by atoms with Gasteiger partial charge in [-0.3, -0.25) is 4.79 Å². The number of ketones is 1. The van der Waals surface area contributed by atoms with Crippen molar-refractivity contribution >= 4 is 22.8 Å². The number of aryl methyl sites for hydroxylation is 1. The van der Waals surface area contributed by atoms with Crippen molar-refractivity contribution in [2.75, 3.05) is 11.4 Å². The molecule has 0 radical (unpaired) electrons. The van der Waals surface area contributed by atoms with E-state index in [9.17, 15) is 15.3 Å². The molecule has 39 heavy (non-hydrogen) atoms. The second-order valence-electron chi connectivity index (χ2n) is 10.7. The first-order valence-electron chi connectivity index (χ1n) is 14.2. The average Bonchev–Trinajstić information content (AvgIpc) is 3.51. The number of rotatable bonds is 11. The molecule has 5 nitrogen and oxygen atoms in total. The van der Waals surface area contributed by atoms with Crippen LogP contribution in [0.1, 0.15) is 82.6 Å². The number of thiophene rings is 1. The first-order valence-corrected chi connectivity index (χ1v) is 15.0. The molecule has 200 valence electrons. The van der Waals surface area contributed by atoms with E-state index in [1.165, 1.54) is 48.3 Å². The molecule has 2 aliphatic heterocycles. The van der Waals surface area contributed by atoms with Crippen LogP contribution in [0.2, 0.25) is 0 Å². The third kappa shape index (κ3) is 4.72. The number of ether oxygens (including phenoxy) is 1. The van der Waals surface area contributed by atoms with Gasteiger partial charge >= 0.3 is 0 Å². The number of fused-ring (bicyclic) bond motifs is 3. The van der Waals surface area contributed by atoms with E-state index in [4.69, 9.17) is 4.74 Å². The van der Waals surface area contributed by atoms with Gasteiger partial charge in [-0.15, -0.1) is 11.3 Å². The van der Waals surface area contributed by atoms with Crippen molar-refractivity contribution in [3.05, 3.63) is 75.0 Å². The summed E-state index contributed by atoms with van der Waals surface area (Å²) in [7, 11) is 0. The Labute approximate surface area is 235 Å². The van der Waals surface area contributed by atoms with E-state index in [1.807, 2.05) is 36.5 Å². The minimum atomic E-state index is -0.808. The van der Waals surface area contributed by atoms with Gasteiger partial charge < -0.3 is 9.64 Å². The lowest BCUT2D eigenvalue weighted by Crippen LogP contribution is -2.39. The van der Waals surface area contributed by atoms with Gasteiger partial charge in [0.2, 0.25) is 5.78 Å². The zero-order valence-electron chi connectivity index (χ0n) is 23.1. The van der Waals surface area contributed by atoms with Crippen LogP contribution in [0.3, 0.4) is 0 Å². The van der Waals surface area contributed by atoms with Crippen LogP contribution in [0.4, 0.5) is 5.69 Å². The number of carbonyl (C=O) groups is 1. The van der Waals surface area contributed by atoms with Crippen LogP contribution < -0.4 is 4.90 Å². The van der Waals surface area contributed by atoms with Crippen molar-refractivity contribution in [2.45, 2.75) is 84.2 Å². The maximum atomic E-state index is 12.9. The second-order valence-corrected chi connectivity index (χ2v) is 11.9. The van der Waals surface area contributed by atoms with E-state index < -0.39 is 5.60 Å². The largest absolute Gasteiger partial charge is 0.475 e. The van der Waals surface area contributed by atoms with Crippen LogP contribution in [0.25, 0.3) is 10.4 Å². The van der Waals surface area contributed by atoms with Gasteiger partial charge in [0.15, 0.2) is 5.60 Å². The fraction of sp³-hybridized carbons (Fsp3) is 0.424. The molecule has 0 N–H and O–H groups in total.